The van der Waals surface area contributed by atoms with Crippen molar-refractivity contribution in [1.82, 2.24) is 10.2 Å². The van der Waals surface area contributed by atoms with Crippen LogP contribution in [0, 0.1) is 5.92 Å². The molecule has 92 valence electrons. The topological polar surface area (TPSA) is 15.3 Å². The van der Waals surface area contributed by atoms with Crippen LogP contribution >= 0.6 is 11.3 Å². The van der Waals surface area contributed by atoms with Crippen molar-refractivity contribution < 1.29 is 0 Å². The molecule has 1 heterocycles. The van der Waals surface area contributed by atoms with Crippen molar-refractivity contribution in [2.24, 2.45) is 5.92 Å². The fourth-order valence-electron chi connectivity index (χ4n) is 2.16. The van der Waals surface area contributed by atoms with Crippen molar-refractivity contribution in [1.29, 1.82) is 0 Å². The van der Waals surface area contributed by atoms with Crippen molar-refractivity contribution >= 4 is 11.3 Å². The number of rotatable bonds is 7. The molecular formula is C13H24N2S. The molecule has 0 saturated carbocycles. The smallest absolute Gasteiger partial charge is 0.0461 e. The van der Waals surface area contributed by atoms with Crippen LogP contribution < -0.4 is 5.32 Å². The highest BCUT2D eigenvalue weighted by molar-refractivity contribution is 7.10. The first kappa shape index (κ1) is 13.7. The highest BCUT2D eigenvalue weighted by Gasteiger charge is 2.20. The Morgan fingerprint density at radius 2 is 2.19 bits per heavy atom. The standard InChI is InChI=1S/C13H24N2S/c1-11(2)13(12-7-5-10-16-12)15(4)9-6-8-14-3/h5,7,10-11,13-14H,6,8-9H2,1-4H3. The Labute approximate surface area is 104 Å². The molecule has 0 aliphatic heterocycles. The Kier molecular flexibility index (Phi) is 6.03. The van der Waals surface area contributed by atoms with Crippen LogP contribution in [-0.2, 0) is 0 Å². The van der Waals surface area contributed by atoms with Crippen molar-refractivity contribution in [3.63, 3.8) is 0 Å². The molecule has 3 heteroatoms. The number of hydrogen-bond acceptors (Lipinski definition) is 3. The number of nitrogens with one attached hydrogen (secondary N) is 1. The first-order valence-corrected chi connectivity index (χ1v) is 6.93. The second-order valence-corrected chi connectivity index (χ2v) is 5.62. The van der Waals surface area contributed by atoms with Gasteiger partial charge in [0.05, 0.1) is 0 Å². The van der Waals surface area contributed by atoms with Gasteiger partial charge in [0.15, 0.2) is 0 Å². The van der Waals surface area contributed by atoms with Gasteiger partial charge >= 0.3 is 0 Å². The number of nitrogens with zero attached hydrogens (tertiary/aromatic N) is 1. The SMILES string of the molecule is CNCCCN(C)C(c1cccs1)C(C)C. The molecule has 1 atom stereocenters. The lowest BCUT2D eigenvalue weighted by atomic mass is 10.0. The molecule has 0 aromatic carbocycles. The zero-order valence-corrected chi connectivity index (χ0v) is 11.7. The lowest BCUT2D eigenvalue weighted by Crippen LogP contribution is -2.30. The monoisotopic (exact) mass is 240 g/mol. The summed E-state index contributed by atoms with van der Waals surface area (Å²) in [5.41, 5.74) is 0. The average molecular weight is 240 g/mol. The molecule has 0 aliphatic carbocycles. The third-order valence-electron chi connectivity index (χ3n) is 2.88. The predicted molar refractivity (Wildman–Crippen MR) is 73.1 cm³/mol. The van der Waals surface area contributed by atoms with Gasteiger partial charge in [-0.1, -0.05) is 19.9 Å². The molecule has 1 N–H and O–H groups in total. The Hall–Kier alpha value is -0.380. The molecule has 1 rings (SSSR count). The second-order valence-electron chi connectivity index (χ2n) is 4.64. The van der Waals surface area contributed by atoms with E-state index in [1.165, 1.54) is 11.3 Å². The van der Waals surface area contributed by atoms with Crippen LogP contribution in [0.3, 0.4) is 0 Å². The Bertz CT molecular complexity index is 269. The summed E-state index contributed by atoms with van der Waals surface area (Å²) in [7, 11) is 4.25. The summed E-state index contributed by atoms with van der Waals surface area (Å²) in [6.45, 7) is 6.86. The third kappa shape index (κ3) is 3.89. The Morgan fingerprint density at radius 1 is 1.44 bits per heavy atom. The molecule has 1 aromatic rings. The summed E-state index contributed by atoms with van der Waals surface area (Å²) in [6, 6.07) is 4.97. The van der Waals surface area contributed by atoms with Crippen LogP contribution in [0.5, 0.6) is 0 Å². The van der Waals surface area contributed by atoms with Gasteiger partial charge in [0.2, 0.25) is 0 Å². The second kappa shape index (κ2) is 7.05. The minimum atomic E-state index is 0.567. The molecule has 0 fully saturated rings. The van der Waals surface area contributed by atoms with Crippen molar-refractivity contribution in [2.45, 2.75) is 26.3 Å². The molecule has 0 amide bonds. The van der Waals surface area contributed by atoms with E-state index in [0.717, 1.165) is 13.1 Å². The Balaban J connectivity index is 2.56. The molecule has 2 nitrogen and oxygen atoms in total. The Morgan fingerprint density at radius 3 is 2.69 bits per heavy atom. The predicted octanol–water partition coefficient (Wildman–Crippen LogP) is 2.99. The lowest BCUT2D eigenvalue weighted by molar-refractivity contribution is 0.195. The summed E-state index contributed by atoms with van der Waals surface area (Å²) in [5.74, 6) is 0.665. The van der Waals surface area contributed by atoms with Crippen LogP contribution in [0.1, 0.15) is 31.2 Å². The van der Waals surface area contributed by atoms with Gasteiger partial charge in [-0.25, -0.2) is 0 Å². The minimum absolute atomic E-state index is 0.567. The van der Waals surface area contributed by atoms with Gasteiger partial charge in [0.1, 0.15) is 0 Å². The number of thiophene rings is 1. The van der Waals surface area contributed by atoms with Crippen molar-refractivity contribution in [3.05, 3.63) is 22.4 Å². The minimum Gasteiger partial charge on any atom is -0.320 e. The van der Waals surface area contributed by atoms with Crippen LogP contribution in [0.2, 0.25) is 0 Å². The molecule has 0 spiro atoms. The van der Waals surface area contributed by atoms with E-state index in [4.69, 9.17) is 0 Å². The van der Waals surface area contributed by atoms with E-state index in [-0.39, 0.29) is 0 Å². The summed E-state index contributed by atoms with van der Waals surface area (Å²) in [6.07, 6.45) is 1.21. The molecule has 1 aromatic heterocycles. The zero-order chi connectivity index (χ0) is 12.0. The van der Waals surface area contributed by atoms with Crippen LogP contribution in [0.15, 0.2) is 17.5 Å². The highest BCUT2D eigenvalue weighted by atomic mass is 32.1. The summed E-state index contributed by atoms with van der Waals surface area (Å²) < 4.78 is 0. The summed E-state index contributed by atoms with van der Waals surface area (Å²) in [5, 5.41) is 5.37. The molecule has 0 aliphatic rings. The normalized spacial score (nSPS) is 13.6. The maximum Gasteiger partial charge on any atom is 0.0461 e. The summed E-state index contributed by atoms with van der Waals surface area (Å²) >= 11 is 1.87. The maximum atomic E-state index is 3.20. The van der Waals surface area contributed by atoms with E-state index in [0.29, 0.717) is 12.0 Å². The van der Waals surface area contributed by atoms with E-state index < -0.39 is 0 Å². The van der Waals surface area contributed by atoms with Crippen LogP contribution in [0.25, 0.3) is 0 Å². The third-order valence-corrected chi connectivity index (χ3v) is 3.82. The largest absolute Gasteiger partial charge is 0.320 e. The molecular weight excluding hydrogens is 216 g/mol. The molecule has 16 heavy (non-hydrogen) atoms. The van der Waals surface area contributed by atoms with Gasteiger partial charge in [-0.2, -0.15) is 0 Å². The zero-order valence-electron chi connectivity index (χ0n) is 10.9. The van der Waals surface area contributed by atoms with Gasteiger partial charge in [0.25, 0.3) is 0 Å². The van der Waals surface area contributed by atoms with Crippen LogP contribution in [-0.4, -0.2) is 32.1 Å². The average Bonchev–Trinajstić information content (AvgIpc) is 2.71. The molecule has 1 unspecified atom stereocenters. The van der Waals surface area contributed by atoms with E-state index in [2.05, 4.69) is 48.6 Å². The van der Waals surface area contributed by atoms with Gasteiger partial charge in [-0.3, -0.25) is 4.90 Å². The maximum absolute atomic E-state index is 3.20. The lowest BCUT2D eigenvalue weighted by Gasteiger charge is -2.30. The first-order valence-electron chi connectivity index (χ1n) is 6.05. The van der Waals surface area contributed by atoms with E-state index >= 15 is 0 Å². The van der Waals surface area contributed by atoms with E-state index in [9.17, 15) is 0 Å². The molecule has 0 radical (unpaired) electrons. The fourth-order valence-corrected chi connectivity index (χ4v) is 3.22. The molecule has 0 saturated heterocycles. The van der Waals surface area contributed by atoms with Gasteiger partial charge in [0, 0.05) is 10.9 Å². The van der Waals surface area contributed by atoms with Crippen molar-refractivity contribution in [2.75, 3.05) is 27.2 Å². The van der Waals surface area contributed by atoms with Gasteiger partial charge < -0.3 is 5.32 Å². The van der Waals surface area contributed by atoms with E-state index in [1.54, 1.807) is 0 Å². The highest BCUT2D eigenvalue weighted by Crippen LogP contribution is 2.30. The fraction of sp³-hybridized carbons (Fsp3) is 0.692. The number of hydrogen-bond donors (Lipinski definition) is 1. The summed E-state index contributed by atoms with van der Waals surface area (Å²) in [4.78, 5) is 3.97. The van der Waals surface area contributed by atoms with Crippen molar-refractivity contribution in [3.8, 4) is 0 Å². The van der Waals surface area contributed by atoms with Gasteiger partial charge in [-0.05, 0) is 51.0 Å². The van der Waals surface area contributed by atoms with Crippen LogP contribution in [0.4, 0.5) is 0 Å². The van der Waals surface area contributed by atoms with E-state index in [1.807, 2.05) is 18.4 Å². The molecule has 0 bridgehead atoms. The quantitative estimate of drug-likeness (QED) is 0.737. The first-order chi connectivity index (χ1) is 7.66. The van der Waals surface area contributed by atoms with Gasteiger partial charge in [-0.15, -0.1) is 11.3 Å².